The fraction of sp³-hybridized carbons (Fsp3) is 0. The maximum Gasteiger partial charge on any atom is 0.160 e. The molecule has 0 saturated carbocycles. The van der Waals surface area contributed by atoms with E-state index in [1.165, 1.54) is 43.4 Å². The van der Waals surface area contributed by atoms with Crippen molar-refractivity contribution in [2.24, 2.45) is 0 Å². The molecule has 0 aliphatic carbocycles. The van der Waals surface area contributed by atoms with Gasteiger partial charge in [0.15, 0.2) is 5.82 Å². The van der Waals surface area contributed by atoms with Crippen LogP contribution in [0.15, 0.2) is 164 Å². The van der Waals surface area contributed by atoms with Gasteiger partial charge < -0.3 is 0 Å². The van der Waals surface area contributed by atoms with E-state index in [2.05, 4.69) is 126 Å². The molecule has 2 heterocycles. The van der Waals surface area contributed by atoms with Crippen molar-refractivity contribution in [1.82, 2.24) is 15.0 Å². The van der Waals surface area contributed by atoms with Gasteiger partial charge in [0, 0.05) is 29.1 Å². The van der Waals surface area contributed by atoms with E-state index in [0.717, 1.165) is 39.2 Å². The predicted octanol–water partition coefficient (Wildman–Crippen LogP) is 11.1. The summed E-state index contributed by atoms with van der Waals surface area (Å²) in [5.41, 5.74) is 9.49. The number of hydrogen-bond donors (Lipinski definition) is 0. The molecule has 0 spiro atoms. The van der Waals surface area contributed by atoms with Gasteiger partial charge >= 0.3 is 0 Å². The quantitative estimate of drug-likeness (QED) is 0.189. The Bertz CT molecular complexity index is 2490. The van der Waals surface area contributed by atoms with Crippen LogP contribution in [0.25, 0.3) is 88.5 Å². The first kappa shape index (κ1) is 26.2. The number of aromatic nitrogens is 3. The van der Waals surface area contributed by atoms with Crippen LogP contribution in [0.1, 0.15) is 0 Å². The fourth-order valence-corrected chi connectivity index (χ4v) is 6.67. The minimum absolute atomic E-state index is 0.697. The number of pyridine rings is 1. The summed E-state index contributed by atoms with van der Waals surface area (Å²) in [6.45, 7) is 0. The molecule has 0 N–H and O–H groups in total. The summed E-state index contributed by atoms with van der Waals surface area (Å²) in [6.07, 6.45) is 3.64. The highest BCUT2D eigenvalue weighted by Gasteiger charge is 2.14. The molecule has 7 aromatic carbocycles. The Balaban J connectivity index is 1.15. The molecule has 0 bridgehead atoms. The minimum Gasteiger partial charge on any atom is -0.265 e. The summed E-state index contributed by atoms with van der Waals surface area (Å²) in [4.78, 5) is 14.3. The molecule has 3 heteroatoms. The van der Waals surface area contributed by atoms with Gasteiger partial charge in [-0.15, -0.1) is 0 Å². The highest BCUT2D eigenvalue weighted by Crippen LogP contribution is 2.40. The first-order valence-electron chi connectivity index (χ1n) is 15.5. The Labute approximate surface area is 266 Å². The third-order valence-electron chi connectivity index (χ3n) is 8.95. The second-order valence-electron chi connectivity index (χ2n) is 11.7. The van der Waals surface area contributed by atoms with Crippen LogP contribution >= 0.6 is 0 Å². The summed E-state index contributed by atoms with van der Waals surface area (Å²) < 4.78 is 0. The lowest BCUT2D eigenvalue weighted by atomic mass is 9.89. The zero-order chi connectivity index (χ0) is 30.5. The summed E-state index contributed by atoms with van der Waals surface area (Å²) in [7, 11) is 0. The molecule has 0 saturated heterocycles. The van der Waals surface area contributed by atoms with Gasteiger partial charge in [-0.25, -0.2) is 9.97 Å². The largest absolute Gasteiger partial charge is 0.265 e. The monoisotopic (exact) mass is 585 g/mol. The molecular formula is C43H27N3. The normalized spacial score (nSPS) is 11.5. The zero-order valence-corrected chi connectivity index (χ0v) is 24.9. The maximum absolute atomic E-state index is 5.12. The Hall–Kier alpha value is -6.19. The van der Waals surface area contributed by atoms with Crippen molar-refractivity contribution in [1.29, 1.82) is 0 Å². The fourth-order valence-electron chi connectivity index (χ4n) is 6.67. The second kappa shape index (κ2) is 10.8. The van der Waals surface area contributed by atoms with Gasteiger partial charge in [-0.1, -0.05) is 127 Å². The molecule has 0 atom stereocenters. The van der Waals surface area contributed by atoms with Gasteiger partial charge in [-0.2, -0.15) is 0 Å². The molecule has 46 heavy (non-hydrogen) atoms. The van der Waals surface area contributed by atoms with E-state index in [1.54, 1.807) is 0 Å². The third kappa shape index (κ3) is 4.49. The van der Waals surface area contributed by atoms with Gasteiger partial charge in [0.2, 0.25) is 0 Å². The average Bonchev–Trinajstić information content (AvgIpc) is 3.14. The van der Waals surface area contributed by atoms with Crippen LogP contribution in [-0.2, 0) is 0 Å². The summed E-state index contributed by atoms with van der Waals surface area (Å²) in [5, 5.41) is 7.78. The Morgan fingerprint density at radius 2 is 0.935 bits per heavy atom. The topological polar surface area (TPSA) is 38.7 Å². The summed E-state index contributed by atoms with van der Waals surface area (Å²) >= 11 is 0. The van der Waals surface area contributed by atoms with Gasteiger partial charge in [-0.3, -0.25) is 4.98 Å². The predicted molar refractivity (Wildman–Crippen MR) is 191 cm³/mol. The molecule has 9 rings (SSSR count). The smallest absolute Gasteiger partial charge is 0.160 e. The van der Waals surface area contributed by atoms with Crippen LogP contribution in [0.4, 0.5) is 0 Å². The molecule has 3 nitrogen and oxygen atoms in total. The molecule has 9 aromatic rings. The standard InChI is InChI=1S/C43H27N3/c1-2-6-30(7-3-1)39-27-40(46-43(45-39)36-11-5-10-35(26-36)28-22-24-44-25-23-28)31-14-12-29(13-15-31)37-20-18-34-17-16-32-8-4-9-33-19-21-38(37)42(34)41(32)33/h1-27H. The molecule has 0 aliphatic heterocycles. The van der Waals surface area contributed by atoms with E-state index in [0.29, 0.717) is 5.82 Å². The van der Waals surface area contributed by atoms with Crippen LogP contribution in [0, 0.1) is 0 Å². The molecule has 0 aliphatic rings. The third-order valence-corrected chi connectivity index (χ3v) is 8.95. The molecule has 0 unspecified atom stereocenters. The molecular weight excluding hydrogens is 558 g/mol. The van der Waals surface area contributed by atoms with E-state index in [1.807, 2.05) is 42.7 Å². The minimum atomic E-state index is 0.697. The van der Waals surface area contributed by atoms with E-state index in [4.69, 9.17) is 9.97 Å². The van der Waals surface area contributed by atoms with E-state index in [9.17, 15) is 0 Å². The zero-order valence-electron chi connectivity index (χ0n) is 24.9. The number of hydrogen-bond acceptors (Lipinski definition) is 3. The summed E-state index contributed by atoms with van der Waals surface area (Å²) in [5.74, 6) is 0.697. The van der Waals surface area contributed by atoms with Crippen molar-refractivity contribution >= 4 is 32.3 Å². The van der Waals surface area contributed by atoms with Crippen LogP contribution in [0.5, 0.6) is 0 Å². The van der Waals surface area contributed by atoms with Crippen LogP contribution in [0.3, 0.4) is 0 Å². The Kier molecular flexibility index (Phi) is 6.14. The molecule has 0 amide bonds. The number of benzene rings is 7. The highest BCUT2D eigenvalue weighted by atomic mass is 14.9. The lowest BCUT2D eigenvalue weighted by Gasteiger charge is -2.14. The molecule has 214 valence electrons. The van der Waals surface area contributed by atoms with Crippen molar-refractivity contribution in [3.8, 4) is 56.2 Å². The van der Waals surface area contributed by atoms with Gasteiger partial charge in [-0.05, 0) is 78.8 Å². The van der Waals surface area contributed by atoms with E-state index < -0.39 is 0 Å². The SMILES string of the molecule is c1ccc(-c2cc(-c3ccc(-c4ccc5ccc6cccc7ccc4c5c67)cc3)nc(-c3cccc(-c4ccncc4)c3)n2)cc1. The van der Waals surface area contributed by atoms with Crippen molar-refractivity contribution < 1.29 is 0 Å². The van der Waals surface area contributed by atoms with Crippen LogP contribution < -0.4 is 0 Å². The van der Waals surface area contributed by atoms with Crippen molar-refractivity contribution in [2.45, 2.75) is 0 Å². The Morgan fingerprint density at radius 3 is 1.70 bits per heavy atom. The van der Waals surface area contributed by atoms with E-state index >= 15 is 0 Å². The highest BCUT2D eigenvalue weighted by molar-refractivity contribution is 6.25. The second-order valence-corrected chi connectivity index (χ2v) is 11.7. The average molecular weight is 586 g/mol. The van der Waals surface area contributed by atoms with Crippen LogP contribution in [0.2, 0.25) is 0 Å². The van der Waals surface area contributed by atoms with Crippen molar-refractivity contribution in [3.63, 3.8) is 0 Å². The van der Waals surface area contributed by atoms with Gasteiger partial charge in [0.05, 0.1) is 11.4 Å². The molecule has 2 aromatic heterocycles. The molecule has 0 fully saturated rings. The van der Waals surface area contributed by atoms with Crippen molar-refractivity contribution in [2.75, 3.05) is 0 Å². The lowest BCUT2D eigenvalue weighted by molar-refractivity contribution is 1.18. The first-order chi connectivity index (χ1) is 22.8. The lowest BCUT2D eigenvalue weighted by Crippen LogP contribution is -1.96. The Morgan fingerprint density at radius 1 is 0.348 bits per heavy atom. The number of rotatable bonds is 5. The summed E-state index contributed by atoms with van der Waals surface area (Å²) in [6, 6.07) is 53.7. The first-order valence-corrected chi connectivity index (χ1v) is 15.5. The number of nitrogens with zero attached hydrogens (tertiary/aromatic N) is 3. The van der Waals surface area contributed by atoms with E-state index in [-0.39, 0.29) is 0 Å². The molecule has 0 radical (unpaired) electrons. The maximum atomic E-state index is 5.12. The van der Waals surface area contributed by atoms with Crippen molar-refractivity contribution in [3.05, 3.63) is 164 Å². The van der Waals surface area contributed by atoms with Crippen LogP contribution in [-0.4, -0.2) is 15.0 Å². The van der Waals surface area contributed by atoms with Gasteiger partial charge in [0.25, 0.3) is 0 Å². The van der Waals surface area contributed by atoms with Gasteiger partial charge in [0.1, 0.15) is 0 Å².